The van der Waals surface area contributed by atoms with E-state index in [1.807, 2.05) is 0 Å². The van der Waals surface area contributed by atoms with Crippen molar-refractivity contribution >= 4 is 35.3 Å². The predicted molar refractivity (Wildman–Crippen MR) is 115 cm³/mol. The highest BCUT2D eigenvalue weighted by Crippen LogP contribution is 2.21. The minimum atomic E-state index is -0.122. The fraction of sp³-hybridized carbons (Fsp3) is 0.333. The molecule has 0 aromatic heterocycles. The summed E-state index contributed by atoms with van der Waals surface area (Å²) in [5.41, 5.74) is 5.95. The van der Waals surface area contributed by atoms with Crippen molar-refractivity contribution in [3.05, 3.63) is 69.2 Å². The molecule has 148 valence electrons. The van der Waals surface area contributed by atoms with Crippen LogP contribution in [0.3, 0.4) is 0 Å². The Hall–Kier alpha value is -1.92. The topological polar surface area (TPSA) is 47.9 Å². The molecule has 0 bridgehead atoms. The molecule has 0 aliphatic carbocycles. The van der Waals surface area contributed by atoms with Gasteiger partial charge in [0.05, 0.1) is 22.8 Å². The monoisotopic (exact) mass is 418 g/mol. The summed E-state index contributed by atoms with van der Waals surface area (Å²) in [5, 5.41) is 4.94. The number of hydrogen-bond acceptors (Lipinski definition) is 4. The third kappa shape index (κ3) is 6.31. The van der Waals surface area contributed by atoms with Crippen LogP contribution in [0.1, 0.15) is 16.7 Å². The van der Waals surface area contributed by atoms with Gasteiger partial charge < -0.3 is 0 Å². The second-order valence-corrected chi connectivity index (χ2v) is 7.82. The zero-order valence-corrected chi connectivity index (χ0v) is 17.4. The lowest BCUT2D eigenvalue weighted by Crippen LogP contribution is -2.48. The SMILES string of the molecule is Cc1ccc(CN2CCN(CC(=O)NN=Cc3ccc(Cl)c(Cl)c3)CC2)cc1. The number of carbonyl (C=O) groups excluding carboxylic acids is 1. The molecule has 1 aliphatic rings. The second kappa shape index (κ2) is 10.0. The van der Waals surface area contributed by atoms with Gasteiger partial charge >= 0.3 is 0 Å². The molecule has 1 saturated heterocycles. The van der Waals surface area contributed by atoms with Crippen LogP contribution in [-0.2, 0) is 11.3 Å². The van der Waals surface area contributed by atoms with Gasteiger partial charge in [-0.3, -0.25) is 14.6 Å². The molecule has 0 spiro atoms. The number of benzene rings is 2. The van der Waals surface area contributed by atoms with Gasteiger partial charge in [0.15, 0.2) is 0 Å². The summed E-state index contributed by atoms with van der Waals surface area (Å²) in [5.74, 6) is -0.122. The molecule has 0 saturated carbocycles. The van der Waals surface area contributed by atoms with E-state index in [1.165, 1.54) is 11.1 Å². The maximum atomic E-state index is 12.1. The van der Waals surface area contributed by atoms with Gasteiger partial charge in [0.25, 0.3) is 5.91 Å². The molecule has 3 rings (SSSR count). The lowest BCUT2D eigenvalue weighted by molar-refractivity contribution is -0.122. The summed E-state index contributed by atoms with van der Waals surface area (Å²) in [6.07, 6.45) is 1.56. The quantitative estimate of drug-likeness (QED) is 0.575. The van der Waals surface area contributed by atoms with Gasteiger partial charge in [0.2, 0.25) is 0 Å². The highest BCUT2D eigenvalue weighted by molar-refractivity contribution is 6.42. The molecule has 0 radical (unpaired) electrons. The summed E-state index contributed by atoms with van der Waals surface area (Å²) in [6, 6.07) is 13.8. The first-order valence-corrected chi connectivity index (χ1v) is 10.0. The average molecular weight is 419 g/mol. The predicted octanol–water partition coefficient (Wildman–Crippen LogP) is 3.57. The maximum absolute atomic E-state index is 12.1. The smallest absolute Gasteiger partial charge is 0.254 e. The average Bonchev–Trinajstić information content (AvgIpc) is 2.68. The molecule has 0 unspecified atom stereocenters. The summed E-state index contributed by atoms with van der Waals surface area (Å²) < 4.78 is 0. The van der Waals surface area contributed by atoms with Crippen LogP contribution < -0.4 is 5.43 Å². The lowest BCUT2D eigenvalue weighted by Gasteiger charge is -2.34. The van der Waals surface area contributed by atoms with Gasteiger partial charge in [-0.1, -0.05) is 59.1 Å². The fourth-order valence-electron chi connectivity index (χ4n) is 3.07. The van der Waals surface area contributed by atoms with Gasteiger partial charge in [0, 0.05) is 32.7 Å². The Bertz CT molecular complexity index is 831. The van der Waals surface area contributed by atoms with Crippen LogP contribution in [0.15, 0.2) is 47.6 Å². The van der Waals surface area contributed by atoms with Crippen LogP contribution in [0.5, 0.6) is 0 Å². The van der Waals surface area contributed by atoms with E-state index < -0.39 is 0 Å². The van der Waals surface area contributed by atoms with Crippen LogP contribution >= 0.6 is 23.2 Å². The van der Waals surface area contributed by atoms with Crippen molar-refractivity contribution in [3.63, 3.8) is 0 Å². The number of hydrazone groups is 1. The molecular formula is C21H24Cl2N4O. The Kier molecular flexibility index (Phi) is 7.45. The second-order valence-electron chi connectivity index (χ2n) is 7.00. The van der Waals surface area contributed by atoms with E-state index in [2.05, 4.69) is 51.5 Å². The highest BCUT2D eigenvalue weighted by atomic mass is 35.5. The molecule has 1 N–H and O–H groups in total. The van der Waals surface area contributed by atoms with E-state index in [4.69, 9.17) is 23.2 Å². The van der Waals surface area contributed by atoms with E-state index >= 15 is 0 Å². The molecule has 28 heavy (non-hydrogen) atoms. The summed E-state index contributed by atoms with van der Waals surface area (Å²) in [4.78, 5) is 16.7. The third-order valence-electron chi connectivity index (χ3n) is 4.71. The number of nitrogens with zero attached hydrogens (tertiary/aromatic N) is 3. The molecule has 1 aliphatic heterocycles. The number of rotatable bonds is 6. The minimum Gasteiger partial charge on any atom is -0.297 e. The number of nitrogens with one attached hydrogen (secondary N) is 1. The van der Waals surface area contributed by atoms with Crippen molar-refractivity contribution < 1.29 is 4.79 Å². The molecule has 2 aromatic carbocycles. The summed E-state index contributed by atoms with van der Waals surface area (Å²) in [7, 11) is 0. The zero-order valence-electron chi connectivity index (χ0n) is 15.9. The molecular weight excluding hydrogens is 395 g/mol. The molecule has 0 atom stereocenters. The van der Waals surface area contributed by atoms with Crippen LogP contribution in [0.4, 0.5) is 0 Å². The van der Waals surface area contributed by atoms with Gasteiger partial charge in [-0.25, -0.2) is 5.43 Å². The Balaban J connectivity index is 1.39. The molecule has 1 heterocycles. The molecule has 5 nitrogen and oxygen atoms in total. The number of amides is 1. The van der Waals surface area contributed by atoms with Gasteiger partial charge in [-0.05, 0) is 30.2 Å². The molecule has 2 aromatic rings. The Labute approximate surface area is 175 Å². The Morgan fingerprint density at radius 1 is 1.04 bits per heavy atom. The Morgan fingerprint density at radius 2 is 1.71 bits per heavy atom. The Morgan fingerprint density at radius 3 is 2.39 bits per heavy atom. The van der Waals surface area contributed by atoms with Crippen molar-refractivity contribution in [2.45, 2.75) is 13.5 Å². The van der Waals surface area contributed by atoms with Crippen molar-refractivity contribution in [1.29, 1.82) is 0 Å². The molecule has 7 heteroatoms. The van der Waals surface area contributed by atoms with Crippen LogP contribution in [0.25, 0.3) is 0 Å². The van der Waals surface area contributed by atoms with E-state index in [0.717, 1.165) is 38.3 Å². The molecule has 1 amide bonds. The number of aryl methyl sites for hydroxylation is 1. The lowest BCUT2D eigenvalue weighted by atomic mass is 10.1. The number of carbonyl (C=O) groups is 1. The minimum absolute atomic E-state index is 0.122. The number of piperazine rings is 1. The normalized spacial score (nSPS) is 15.8. The van der Waals surface area contributed by atoms with E-state index in [-0.39, 0.29) is 5.91 Å². The molecule has 1 fully saturated rings. The summed E-state index contributed by atoms with van der Waals surface area (Å²) >= 11 is 11.8. The first-order chi connectivity index (χ1) is 13.5. The van der Waals surface area contributed by atoms with Gasteiger partial charge in [0.1, 0.15) is 0 Å². The van der Waals surface area contributed by atoms with Crippen LogP contribution in [-0.4, -0.2) is 54.6 Å². The van der Waals surface area contributed by atoms with Crippen LogP contribution in [0.2, 0.25) is 10.0 Å². The van der Waals surface area contributed by atoms with Crippen molar-refractivity contribution in [2.24, 2.45) is 5.10 Å². The van der Waals surface area contributed by atoms with Crippen molar-refractivity contribution in [2.75, 3.05) is 32.7 Å². The fourth-order valence-corrected chi connectivity index (χ4v) is 3.37. The van der Waals surface area contributed by atoms with Gasteiger partial charge in [-0.15, -0.1) is 0 Å². The first-order valence-electron chi connectivity index (χ1n) is 9.27. The number of halogens is 2. The maximum Gasteiger partial charge on any atom is 0.254 e. The van der Waals surface area contributed by atoms with Crippen LogP contribution in [0, 0.1) is 6.92 Å². The zero-order chi connectivity index (χ0) is 19.9. The summed E-state index contributed by atoms with van der Waals surface area (Å²) in [6.45, 7) is 7.04. The highest BCUT2D eigenvalue weighted by Gasteiger charge is 2.18. The third-order valence-corrected chi connectivity index (χ3v) is 5.44. The van der Waals surface area contributed by atoms with E-state index in [9.17, 15) is 4.79 Å². The van der Waals surface area contributed by atoms with E-state index in [0.29, 0.717) is 16.6 Å². The standard InChI is InChI=1S/C21H24Cl2N4O/c1-16-2-4-17(5-3-16)14-26-8-10-27(11-9-26)15-21(28)25-24-13-18-6-7-19(22)20(23)12-18/h2-7,12-13H,8-11,14-15H2,1H3,(H,25,28). The number of hydrogen-bond donors (Lipinski definition) is 1. The van der Waals surface area contributed by atoms with Crippen molar-refractivity contribution in [1.82, 2.24) is 15.2 Å². The largest absolute Gasteiger partial charge is 0.297 e. The van der Waals surface area contributed by atoms with Gasteiger partial charge in [-0.2, -0.15) is 5.10 Å². The van der Waals surface area contributed by atoms with Crippen molar-refractivity contribution in [3.8, 4) is 0 Å². The first kappa shape index (κ1) is 20.8. The van der Waals surface area contributed by atoms with E-state index in [1.54, 1.807) is 24.4 Å².